The van der Waals surface area contributed by atoms with Crippen molar-refractivity contribution in [2.75, 3.05) is 10.6 Å². The summed E-state index contributed by atoms with van der Waals surface area (Å²) in [5.74, 6) is 0.113. The van der Waals surface area contributed by atoms with Crippen LogP contribution in [-0.2, 0) is 7.05 Å². The van der Waals surface area contributed by atoms with Gasteiger partial charge in [0.1, 0.15) is 16.2 Å². The zero-order valence-corrected chi connectivity index (χ0v) is 16.8. The molecule has 0 aliphatic rings. The minimum atomic E-state index is -2.69. The van der Waals surface area contributed by atoms with Crippen LogP contribution >= 0.6 is 11.3 Å². The van der Waals surface area contributed by atoms with E-state index in [4.69, 9.17) is 0 Å². The molecule has 0 saturated heterocycles. The minimum absolute atomic E-state index is 0.127. The average molecular weight is 429 g/mol. The van der Waals surface area contributed by atoms with E-state index in [2.05, 4.69) is 30.7 Å². The molecule has 0 aliphatic heterocycles. The molecule has 2 N–H and O–H groups in total. The Labute approximate surface area is 174 Å². The Balaban J connectivity index is 1.47. The number of carbonyl (C=O) groups is 1. The summed E-state index contributed by atoms with van der Waals surface area (Å²) in [6.45, 7) is 1.95. The molecule has 0 radical (unpaired) electrons. The minimum Gasteiger partial charge on any atom is -0.362 e. The maximum absolute atomic E-state index is 12.7. The molecule has 4 rings (SSSR count). The Hall–Kier alpha value is -3.47. The number of carbonyl (C=O) groups excluding carboxylic acids is 1. The highest BCUT2D eigenvalue weighted by Gasteiger charge is 2.17. The van der Waals surface area contributed by atoms with Gasteiger partial charge in [-0.1, -0.05) is 12.1 Å². The van der Waals surface area contributed by atoms with Crippen LogP contribution in [0, 0.1) is 0 Å². The van der Waals surface area contributed by atoms with Crippen LogP contribution in [0.3, 0.4) is 0 Å². The van der Waals surface area contributed by atoms with E-state index in [1.807, 2.05) is 13.0 Å². The highest BCUT2D eigenvalue weighted by Crippen LogP contribution is 2.26. The van der Waals surface area contributed by atoms with Crippen LogP contribution in [0.5, 0.6) is 0 Å². The fourth-order valence-electron chi connectivity index (χ4n) is 2.86. The third-order valence-corrected chi connectivity index (χ3v) is 5.39. The van der Waals surface area contributed by atoms with E-state index in [9.17, 15) is 13.6 Å². The van der Waals surface area contributed by atoms with E-state index in [0.717, 1.165) is 11.8 Å². The number of benzene rings is 1. The number of hydrogen-bond acceptors (Lipinski definition) is 7. The van der Waals surface area contributed by atoms with E-state index >= 15 is 0 Å². The highest BCUT2D eigenvalue weighted by atomic mass is 32.1. The highest BCUT2D eigenvalue weighted by molar-refractivity contribution is 7.13. The lowest BCUT2D eigenvalue weighted by Crippen LogP contribution is -2.12. The first-order chi connectivity index (χ1) is 14.4. The van der Waals surface area contributed by atoms with Crippen LogP contribution in [0.15, 0.2) is 42.9 Å². The van der Waals surface area contributed by atoms with Gasteiger partial charge in [0.15, 0.2) is 10.7 Å². The van der Waals surface area contributed by atoms with Crippen molar-refractivity contribution in [2.45, 2.75) is 19.4 Å². The molecule has 3 heterocycles. The van der Waals surface area contributed by atoms with Crippen LogP contribution in [0.25, 0.3) is 11.2 Å². The maximum Gasteiger partial charge on any atom is 0.289 e. The maximum atomic E-state index is 12.7. The summed E-state index contributed by atoms with van der Waals surface area (Å²) in [4.78, 5) is 24.9. The Morgan fingerprint density at radius 2 is 2.03 bits per heavy atom. The van der Waals surface area contributed by atoms with Gasteiger partial charge in [-0.15, -0.1) is 11.3 Å². The summed E-state index contributed by atoms with van der Waals surface area (Å²) in [6.07, 6.45) is 1.74. The van der Waals surface area contributed by atoms with Gasteiger partial charge in [0.2, 0.25) is 0 Å². The van der Waals surface area contributed by atoms with Gasteiger partial charge in [0.05, 0.1) is 24.6 Å². The SMILES string of the molecule is C[C@H](Nc1cnc2cnn(C)c2n1)c1cccc(NC(=O)c2cnc(C(F)F)s2)c1. The molecule has 1 amide bonds. The number of nitrogens with one attached hydrogen (secondary N) is 2. The van der Waals surface area contributed by atoms with Crippen LogP contribution in [-0.4, -0.2) is 30.6 Å². The lowest BCUT2D eigenvalue weighted by atomic mass is 10.1. The molecule has 1 aromatic carbocycles. The van der Waals surface area contributed by atoms with Gasteiger partial charge >= 0.3 is 0 Å². The first-order valence-corrected chi connectivity index (χ1v) is 9.79. The van der Waals surface area contributed by atoms with Gasteiger partial charge in [-0.3, -0.25) is 4.79 Å². The summed E-state index contributed by atoms with van der Waals surface area (Å²) in [7, 11) is 1.80. The average Bonchev–Trinajstić information content (AvgIpc) is 3.36. The molecular weight excluding hydrogens is 412 g/mol. The summed E-state index contributed by atoms with van der Waals surface area (Å²) in [5, 5.41) is 9.74. The number of rotatable bonds is 6. The van der Waals surface area contributed by atoms with Gasteiger partial charge in [-0.25, -0.2) is 28.4 Å². The molecule has 0 aliphatic carbocycles. The van der Waals surface area contributed by atoms with Crippen molar-refractivity contribution in [1.29, 1.82) is 0 Å². The molecule has 0 fully saturated rings. The second kappa shape index (κ2) is 8.11. The smallest absolute Gasteiger partial charge is 0.289 e. The number of halogens is 2. The lowest BCUT2D eigenvalue weighted by Gasteiger charge is -2.16. The second-order valence-electron chi connectivity index (χ2n) is 6.54. The zero-order chi connectivity index (χ0) is 21.3. The van der Waals surface area contributed by atoms with Crippen molar-refractivity contribution in [3.8, 4) is 0 Å². The van der Waals surface area contributed by atoms with Gasteiger partial charge in [0.25, 0.3) is 12.3 Å². The lowest BCUT2D eigenvalue weighted by molar-refractivity contribution is 0.103. The number of alkyl halides is 2. The molecule has 30 heavy (non-hydrogen) atoms. The third kappa shape index (κ3) is 4.10. The van der Waals surface area contributed by atoms with E-state index in [1.165, 1.54) is 0 Å². The number of hydrogen-bond donors (Lipinski definition) is 2. The molecule has 8 nitrogen and oxygen atoms in total. The van der Waals surface area contributed by atoms with E-state index in [0.29, 0.717) is 34.0 Å². The van der Waals surface area contributed by atoms with Crippen LogP contribution in [0.2, 0.25) is 0 Å². The molecule has 11 heteroatoms. The first kappa shape index (κ1) is 19.8. The summed E-state index contributed by atoms with van der Waals surface area (Å²) < 4.78 is 27.0. The van der Waals surface area contributed by atoms with Gasteiger partial charge in [0, 0.05) is 12.7 Å². The predicted molar refractivity (Wildman–Crippen MR) is 110 cm³/mol. The number of anilines is 2. The summed E-state index contributed by atoms with van der Waals surface area (Å²) >= 11 is 0.676. The Morgan fingerprint density at radius 1 is 1.20 bits per heavy atom. The topological polar surface area (TPSA) is 97.6 Å². The number of amides is 1. The molecule has 0 saturated carbocycles. The number of nitrogens with zero attached hydrogens (tertiary/aromatic N) is 5. The molecule has 3 aromatic heterocycles. The number of aryl methyl sites for hydroxylation is 1. The summed E-state index contributed by atoms with van der Waals surface area (Å²) in [5.41, 5.74) is 2.82. The van der Waals surface area contributed by atoms with Crippen molar-refractivity contribution in [3.05, 3.63) is 58.3 Å². The largest absolute Gasteiger partial charge is 0.362 e. The Kier molecular flexibility index (Phi) is 5.36. The Morgan fingerprint density at radius 3 is 2.80 bits per heavy atom. The van der Waals surface area contributed by atoms with E-state index in [1.54, 1.807) is 42.3 Å². The molecule has 4 aromatic rings. The van der Waals surface area contributed by atoms with Gasteiger partial charge in [-0.2, -0.15) is 5.10 Å². The number of aromatic nitrogens is 5. The molecule has 0 unspecified atom stereocenters. The molecule has 1 atom stereocenters. The van der Waals surface area contributed by atoms with Crippen molar-refractivity contribution in [2.24, 2.45) is 7.05 Å². The standard InChI is InChI=1S/C19H17F2N7OS/c1-10(25-15-9-22-13-7-24-28(2)17(13)27-15)11-4-3-5-12(6-11)26-18(29)14-8-23-19(30-14)16(20)21/h3-10,16H,1-2H3,(H,25,27)(H,26,29)/t10-/m0/s1. The predicted octanol–water partition coefficient (Wildman–Crippen LogP) is 4.18. The quantitative estimate of drug-likeness (QED) is 0.477. The number of thiazole rings is 1. The third-order valence-electron chi connectivity index (χ3n) is 4.38. The van der Waals surface area contributed by atoms with Crippen LogP contribution in [0.1, 0.15) is 39.6 Å². The van der Waals surface area contributed by atoms with Crippen LogP contribution in [0.4, 0.5) is 20.3 Å². The first-order valence-electron chi connectivity index (χ1n) is 8.97. The van der Waals surface area contributed by atoms with Crippen molar-refractivity contribution >= 4 is 39.9 Å². The van der Waals surface area contributed by atoms with Crippen LogP contribution < -0.4 is 10.6 Å². The van der Waals surface area contributed by atoms with Gasteiger partial charge < -0.3 is 10.6 Å². The fraction of sp³-hybridized carbons (Fsp3) is 0.211. The van der Waals surface area contributed by atoms with E-state index < -0.39 is 12.3 Å². The molecule has 0 spiro atoms. The van der Waals surface area contributed by atoms with Gasteiger partial charge in [-0.05, 0) is 24.6 Å². The normalized spacial score (nSPS) is 12.3. The van der Waals surface area contributed by atoms with E-state index in [-0.39, 0.29) is 15.9 Å². The second-order valence-corrected chi connectivity index (χ2v) is 7.60. The van der Waals surface area contributed by atoms with Crippen molar-refractivity contribution in [3.63, 3.8) is 0 Å². The molecular formula is C19H17F2N7OS. The summed E-state index contributed by atoms with van der Waals surface area (Å²) in [6, 6.07) is 7.11. The Bertz CT molecular complexity index is 1210. The molecule has 0 bridgehead atoms. The molecule has 154 valence electrons. The fourth-order valence-corrected chi connectivity index (χ4v) is 3.53. The van der Waals surface area contributed by atoms with Crippen molar-refractivity contribution < 1.29 is 13.6 Å². The number of fused-ring (bicyclic) bond motifs is 1. The monoisotopic (exact) mass is 429 g/mol. The zero-order valence-electron chi connectivity index (χ0n) is 16.0. The van der Waals surface area contributed by atoms with Crippen molar-refractivity contribution in [1.82, 2.24) is 24.7 Å².